The van der Waals surface area contributed by atoms with E-state index in [1.165, 1.54) is 11.3 Å². The Morgan fingerprint density at radius 2 is 1.96 bits per heavy atom. The highest BCUT2D eigenvalue weighted by molar-refractivity contribution is 5.30. The lowest BCUT2D eigenvalue weighted by Gasteiger charge is -2.37. The molecule has 1 aliphatic heterocycles. The van der Waals surface area contributed by atoms with E-state index >= 15 is 0 Å². The average Bonchev–Trinajstić information content (AvgIpc) is 3.25. The maximum absolute atomic E-state index is 4.25. The zero-order chi connectivity index (χ0) is 16.4. The smallest absolute Gasteiger partial charge is 0.165 e. The highest BCUT2D eigenvalue weighted by Crippen LogP contribution is 2.33. The third-order valence-corrected chi connectivity index (χ3v) is 4.64. The molecule has 0 saturated heterocycles. The summed E-state index contributed by atoms with van der Waals surface area (Å²) in [5, 5.41) is 12.3. The number of aryl methyl sites for hydroxylation is 1. The fourth-order valence-electron chi connectivity index (χ4n) is 3.52. The topological polar surface area (TPSA) is 51.8 Å². The van der Waals surface area contributed by atoms with Crippen molar-refractivity contribution in [1.29, 1.82) is 0 Å². The van der Waals surface area contributed by atoms with Gasteiger partial charge in [0, 0.05) is 31.5 Å². The van der Waals surface area contributed by atoms with Crippen LogP contribution in [0.1, 0.15) is 36.5 Å². The van der Waals surface area contributed by atoms with Crippen LogP contribution in [0.5, 0.6) is 0 Å². The van der Waals surface area contributed by atoms with E-state index in [0.717, 1.165) is 38.4 Å². The Morgan fingerprint density at radius 3 is 2.79 bits per heavy atom. The van der Waals surface area contributed by atoms with Crippen molar-refractivity contribution in [3.63, 3.8) is 0 Å². The summed E-state index contributed by atoms with van der Waals surface area (Å²) in [5.74, 6) is 0.942. The lowest BCUT2D eigenvalue weighted by molar-refractivity contribution is 0.167. The molecule has 1 aromatic carbocycles. The Labute approximate surface area is 141 Å². The molecule has 0 spiro atoms. The van der Waals surface area contributed by atoms with E-state index in [9.17, 15) is 0 Å². The van der Waals surface area contributed by atoms with Crippen molar-refractivity contribution in [3.8, 4) is 0 Å². The van der Waals surface area contributed by atoms with Gasteiger partial charge in [0.15, 0.2) is 5.82 Å². The summed E-state index contributed by atoms with van der Waals surface area (Å²) in [4.78, 5) is 2.47. The zero-order valence-electron chi connectivity index (χ0n) is 13.9. The molecule has 0 radical (unpaired) electrons. The van der Waals surface area contributed by atoms with E-state index < -0.39 is 0 Å². The largest absolute Gasteiger partial charge is 0.348 e. The van der Waals surface area contributed by atoms with Crippen LogP contribution in [-0.2, 0) is 19.6 Å². The van der Waals surface area contributed by atoms with Gasteiger partial charge in [0.2, 0.25) is 0 Å². The van der Waals surface area contributed by atoms with Gasteiger partial charge in [-0.1, -0.05) is 37.3 Å². The van der Waals surface area contributed by atoms with Crippen LogP contribution in [0.3, 0.4) is 0 Å². The summed E-state index contributed by atoms with van der Waals surface area (Å²) < 4.78 is 4.28. The third-order valence-electron chi connectivity index (χ3n) is 4.64. The van der Waals surface area contributed by atoms with E-state index in [1.807, 2.05) is 4.68 Å². The summed E-state index contributed by atoms with van der Waals surface area (Å²) >= 11 is 0. The second-order valence-electron chi connectivity index (χ2n) is 6.23. The quantitative estimate of drug-likeness (QED) is 0.724. The van der Waals surface area contributed by atoms with E-state index in [0.29, 0.717) is 0 Å². The molecule has 3 heterocycles. The van der Waals surface area contributed by atoms with Gasteiger partial charge in [-0.25, -0.2) is 4.68 Å². The van der Waals surface area contributed by atoms with Gasteiger partial charge < -0.3 is 4.57 Å². The van der Waals surface area contributed by atoms with Crippen LogP contribution in [0, 0.1) is 0 Å². The van der Waals surface area contributed by atoms with Crippen molar-refractivity contribution in [2.45, 2.75) is 39.0 Å². The first-order valence-corrected chi connectivity index (χ1v) is 8.56. The van der Waals surface area contributed by atoms with Crippen LogP contribution in [-0.4, -0.2) is 36.2 Å². The zero-order valence-corrected chi connectivity index (χ0v) is 13.9. The van der Waals surface area contributed by atoms with Crippen molar-refractivity contribution in [2.24, 2.45) is 0 Å². The molecule has 6 heteroatoms. The summed E-state index contributed by atoms with van der Waals surface area (Å²) in [6, 6.07) is 15.3. The standard InChI is InChI=1S/C18H22N6/c1-2-10-24-17(19-20-21-24)14-23-13-12-22-11-6-9-16(22)18(23)15-7-4-3-5-8-15/h3-9,11,18H,2,10,12-14H2,1H3. The summed E-state index contributed by atoms with van der Waals surface area (Å²) in [5.41, 5.74) is 2.65. The van der Waals surface area contributed by atoms with Gasteiger partial charge in [0.05, 0.1) is 12.6 Å². The van der Waals surface area contributed by atoms with Crippen LogP contribution < -0.4 is 0 Å². The number of nitrogens with zero attached hydrogens (tertiary/aromatic N) is 6. The average molecular weight is 322 g/mol. The van der Waals surface area contributed by atoms with Gasteiger partial charge in [0.1, 0.15) is 0 Å². The van der Waals surface area contributed by atoms with Crippen LogP contribution in [0.25, 0.3) is 0 Å². The van der Waals surface area contributed by atoms with Gasteiger partial charge in [0.25, 0.3) is 0 Å². The number of tetrazole rings is 1. The molecule has 1 unspecified atom stereocenters. The molecular weight excluding hydrogens is 300 g/mol. The van der Waals surface area contributed by atoms with Crippen LogP contribution in [0.2, 0.25) is 0 Å². The summed E-state index contributed by atoms with van der Waals surface area (Å²) in [7, 11) is 0. The number of aromatic nitrogens is 5. The fraction of sp³-hybridized carbons (Fsp3) is 0.389. The molecule has 0 amide bonds. The van der Waals surface area contributed by atoms with E-state index in [2.05, 4.69) is 80.6 Å². The molecule has 0 N–H and O–H groups in total. The number of benzene rings is 1. The second kappa shape index (κ2) is 6.57. The third kappa shape index (κ3) is 2.73. The first kappa shape index (κ1) is 15.1. The molecule has 2 aromatic heterocycles. The fourth-order valence-corrected chi connectivity index (χ4v) is 3.52. The minimum Gasteiger partial charge on any atom is -0.348 e. The first-order valence-electron chi connectivity index (χ1n) is 8.56. The SMILES string of the molecule is CCCn1nnnc1CN1CCn2cccc2C1c1ccccc1. The van der Waals surface area contributed by atoms with Gasteiger partial charge in [-0.3, -0.25) is 4.90 Å². The summed E-state index contributed by atoms with van der Waals surface area (Å²) in [6.45, 7) is 5.76. The lowest BCUT2D eigenvalue weighted by atomic mass is 10.00. The Kier molecular flexibility index (Phi) is 4.13. The number of rotatable bonds is 5. The maximum atomic E-state index is 4.25. The Balaban J connectivity index is 1.67. The predicted molar refractivity (Wildman–Crippen MR) is 91.2 cm³/mol. The van der Waals surface area contributed by atoms with E-state index in [-0.39, 0.29) is 6.04 Å². The minimum atomic E-state index is 0.238. The van der Waals surface area contributed by atoms with Crippen molar-refractivity contribution in [2.75, 3.05) is 6.54 Å². The van der Waals surface area contributed by atoms with Gasteiger partial charge in [-0.05, 0) is 34.5 Å². The summed E-state index contributed by atoms with van der Waals surface area (Å²) in [6.07, 6.45) is 3.20. The molecular formula is C18H22N6. The molecule has 24 heavy (non-hydrogen) atoms. The van der Waals surface area contributed by atoms with Crippen molar-refractivity contribution >= 4 is 0 Å². The van der Waals surface area contributed by atoms with Gasteiger partial charge in [-0.2, -0.15) is 0 Å². The molecule has 4 rings (SSSR count). The molecule has 0 fully saturated rings. The Bertz CT molecular complexity index is 791. The Morgan fingerprint density at radius 1 is 1.08 bits per heavy atom. The molecule has 1 aliphatic rings. The second-order valence-corrected chi connectivity index (χ2v) is 6.23. The Hall–Kier alpha value is -2.47. The molecule has 1 atom stereocenters. The first-order chi connectivity index (χ1) is 11.9. The predicted octanol–water partition coefficient (Wildman–Crippen LogP) is 2.49. The molecule has 124 valence electrons. The maximum Gasteiger partial charge on any atom is 0.165 e. The molecule has 0 bridgehead atoms. The number of hydrogen-bond acceptors (Lipinski definition) is 4. The molecule has 6 nitrogen and oxygen atoms in total. The van der Waals surface area contributed by atoms with E-state index in [1.54, 1.807) is 0 Å². The number of hydrogen-bond donors (Lipinski definition) is 0. The van der Waals surface area contributed by atoms with Crippen LogP contribution in [0.4, 0.5) is 0 Å². The van der Waals surface area contributed by atoms with Gasteiger partial charge >= 0.3 is 0 Å². The highest BCUT2D eigenvalue weighted by Gasteiger charge is 2.29. The van der Waals surface area contributed by atoms with E-state index in [4.69, 9.17) is 0 Å². The minimum absolute atomic E-state index is 0.238. The van der Waals surface area contributed by atoms with Crippen molar-refractivity contribution in [3.05, 3.63) is 65.7 Å². The lowest BCUT2D eigenvalue weighted by Crippen LogP contribution is -2.38. The highest BCUT2D eigenvalue weighted by atomic mass is 15.5. The molecule has 0 aliphatic carbocycles. The van der Waals surface area contributed by atoms with Crippen molar-refractivity contribution < 1.29 is 0 Å². The van der Waals surface area contributed by atoms with Crippen LogP contribution in [0.15, 0.2) is 48.7 Å². The molecule has 3 aromatic rings. The van der Waals surface area contributed by atoms with Crippen molar-refractivity contribution in [1.82, 2.24) is 29.7 Å². The number of fused-ring (bicyclic) bond motifs is 1. The van der Waals surface area contributed by atoms with Gasteiger partial charge in [-0.15, -0.1) is 5.10 Å². The van der Waals surface area contributed by atoms with Crippen LogP contribution >= 0.6 is 0 Å². The molecule has 0 saturated carbocycles. The monoisotopic (exact) mass is 322 g/mol. The normalized spacial score (nSPS) is 17.8.